The van der Waals surface area contributed by atoms with Gasteiger partial charge in [0, 0.05) is 11.4 Å². The predicted molar refractivity (Wildman–Crippen MR) is 161 cm³/mol. The van der Waals surface area contributed by atoms with Crippen molar-refractivity contribution in [2.75, 3.05) is 43.4 Å². The number of carbonyl (C=O) groups is 2. The number of piperidine rings is 1. The van der Waals surface area contributed by atoms with Crippen molar-refractivity contribution in [3.8, 4) is 0 Å². The third kappa shape index (κ3) is 9.55. The van der Waals surface area contributed by atoms with E-state index in [0.717, 1.165) is 72.6 Å². The molecule has 1 aliphatic rings. The Balaban J connectivity index is 0.000000273. The fourth-order valence-corrected chi connectivity index (χ4v) is 4.98. The van der Waals surface area contributed by atoms with Crippen LogP contribution >= 0.6 is 0 Å². The van der Waals surface area contributed by atoms with Crippen molar-refractivity contribution in [2.24, 2.45) is 0 Å². The van der Waals surface area contributed by atoms with Gasteiger partial charge in [0.05, 0.1) is 12.6 Å². The average Bonchev–Trinajstić information content (AvgIpc) is 2.91. The minimum absolute atomic E-state index is 0.0457. The van der Waals surface area contributed by atoms with Gasteiger partial charge in [-0.15, -0.1) is 0 Å². The van der Waals surface area contributed by atoms with Gasteiger partial charge in [-0.2, -0.15) is 0 Å². The Bertz CT molecular complexity index is 992. The molecule has 0 spiro atoms. The van der Waals surface area contributed by atoms with Gasteiger partial charge >= 0.3 is 0 Å². The molecule has 0 aliphatic carbocycles. The summed E-state index contributed by atoms with van der Waals surface area (Å²) in [6.45, 7) is 18.8. The number of para-hydroxylation sites is 2. The number of rotatable bonds is 10. The number of benzene rings is 2. The Morgan fingerprint density at radius 1 is 0.842 bits per heavy atom. The van der Waals surface area contributed by atoms with Gasteiger partial charge in [0.1, 0.15) is 0 Å². The van der Waals surface area contributed by atoms with Crippen LogP contribution in [0.3, 0.4) is 0 Å². The lowest BCUT2D eigenvalue weighted by atomic mass is 10.00. The lowest BCUT2D eigenvalue weighted by Crippen LogP contribution is -2.47. The second kappa shape index (κ2) is 16.3. The number of nitrogens with one attached hydrogen (secondary N) is 2. The smallest absolute Gasteiger partial charge is 0.241 e. The van der Waals surface area contributed by atoms with Crippen LogP contribution in [-0.2, 0) is 9.59 Å². The number of amides is 2. The SMILES string of the molecule is CCCCN1CCCCC1C(=O)Nc1c(C)cccc1C.CCN(CC)CC(=O)Nc1c(C)cccc1C. The maximum atomic E-state index is 12.7. The van der Waals surface area contributed by atoms with Crippen LogP contribution in [0.25, 0.3) is 0 Å². The van der Waals surface area contributed by atoms with Crippen molar-refractivity contribution in [3.63, 3.8) is 0 Å². The molecule has 210 valence electrons. The summed E-state index contributed by atoms with van der Waals surface area (Å²) in [6.07, 6.45) is 5.72. The van der Waals surface area contributed by atoms with E-state index in [1.807, 2.05) is 38.1 Å². The van der Waals surface area contributed by atoms with Crippen LogP contribution in [0.4, 0.5) is 11.4 Å². The van der Waals surface area contributed by atoms with Gasteiger partial charge in [0.15, 0.2) is 0 Å². The summed E-state index contributed by atoms with van der Waals surface area (Å²) in [5, 5.41) is 6.17. The number of nitrogens with zero attached hydrogens (tertiary/aromatic N) is 2. The van der Waals surface area contributed by atoms with Crippen LogP contribution in [0.2, 0.25) is 0 Å². The summed E-state index contributed by atoms with van der Waals surface area (Å²) >= 11 is 0. The molecule has 0 bridgehead atoms. The average molecular weight is 523 g/mol. The van der Waals surface area contributed by atoms with Crippen LogP contribution in [-0.4, -0.2) is 60.4 Å². The zero-order chi connectivity index (χ0) is 28.1. The van der Waals surface area contributed by atoms with Gasteiger partial charge in [-0.1, -0.05) is 70.0 Å². The molecule has 0 radical (unpaired) electrons. The van der Waals surface area contributed by atoms with E-state index in [9.17, 15) is 9.59 Å². The van der Waals surface area contributed by atoms with Crippen molar-refractivity contribution in [1.82, 2.24) is 9.80 Å². The topological polar surface area (TPSA) is 64.7 Å². The van der Waals surface area contributed by atoms with Crippen LogP contribution < -0.4 is 10.6 Å². The minimum Gasteiger partial charge on any atom is -0.324 e. The van der Waals surface area contributed by atoms with Crippen molar-refractivity contribution in [2.45, 2.75) is 86.6 Å². The second-order valence-electron chi connectivity index (χ2n) is 10.4. The molecule has 38 heavy (non-hydrogen) atoms. The lowest BCUT2D eigenvalue weighted by Gasteiger charge is -2.34. The molecule has 2 aromatic rings. The van der Waals surface area contributed by atoms with E-state index >= 15 is 0 Å². The van der Waals surface area contributed by atoms with Gasteiger partial charge in [-0.05, 0) is 95.4 Å². The van der Waals surface area contributed by atoms with Crippen molar-refractivity contribution < 1.29 is 9.59 Å². The number of hydrogen-bond acceptors (Lipinski definition) is 4. The van der Waals surface area contributed by atoms with Crippen LogP contribution in [0.15, 0.2) is 36.4 Å². The van der Waals surface area contributed by atoms with Gasteiger partial charge in [-0.25, -0.2) is 0 Å². The second-order valence-corrected chi connectivity index (χ2v) is 10.4. The number of anilines is 2. The highest BCUT2D eigenvalue weighted by Gasteiger charge is 2.28. The molecule has 3 rings (SSSR count). The predicted octanol–water partition coefficient (Wildman–Crippen LogP) is 6.48. The molecule has 1 fully saturated rings. The number of carbonyl (C=O) groups excluding carboxylic acids is 2. The van der Waals surface area contributed by atoms with E-state index in [2.05, 4.69) is 67.2 Å². The summed E-state index contributed by atoms with van der Waals surface area (Å²) in [6, 6.07) is 12.2. The quantitative estimate of drug-likeness (QED) is 0.375. The molecule has 6 heteroatoms. The number of aryl methyl sites for hydroxylation is 4. The molecular weight excluding hydrogens is 472 g/mol. The fraction of sp³-hybridized carbons (Fsp3) is 0.562. The molecule has 0 saturated carbocycles. The number of likely N-dealkylation sites (N-methyl/N-ethyl adjacent to an activating group) is 1. The summed E-state index contributed by atoms with van der Waals surface area (Å²) in [4.78, 5) is 29.1. The summed E-state index contributed by atoms with van der Waals surface area (Å²) in [5.41, 5.74) is 6.43. The van der Waals surface area contributed by atoms with Crippen LogP contribution in [0.5, 0.6) is 0 Å². The maximum absolute atomic E-state index is 12.7. The van der Waals surface area contributed by atoms with E-state index in [4.69, 9.17) is 0 Å². The van der Waals surface area contributed by atoms with E-state index in [-0.39, 0.29) is 17.9 Å². The Morgan fingerprint density at radius 2 is 1.37 bits per heavy atom. The van der Waals surface area contributed by atoms with Crippen molar-refractivity contribution in [1.29, 1.82) is 0 Å². The largest absolute Gasteiger partial charge is 0.324 e. The Morgan fingerprint density at radius 3 is 1.87 bits per heavy atom. The molecule has 1 aliphatic heterocycles. The number of unbranched alkanes of at least 4 members (excludes halogenated alkanes) is 1. The fourth-order valence-electron chi connectivity index (χ4n) is 4.98. The Kier molecular flexibility index (Phi) is 13.5. The van der Waals surface area contributed by atoms with Crippen LogP contribution in [0, 0.1) is 27.7 Å². The molecule has 6 nitrogen and oxygen atoms in total. The molecule has 1 saturated heterocycles. The zero-order valence-corrected chi connectivity index (χ0v) is 24.8. The van der Waals surface area contributed by atoms with E-state index in [1.54, 1.807) is 0 Å². The number of likely N-dealkylation sites (tertiary alicyclic amines) is 1. The molecule has 2 amide bonds. The Labute approximate surface area is 231 Å². The first kappa shape index (κ1) is 31.5. The molecule has 1 heterocycles. The maximum Gasteiger partial charge on any atom is 0.241 e. The minimum atomic E-state index is 0.0457. The molecule has 1 unspecified atom stereocenters. The molecule has 2 N–H and O–H groups in total. The monoisotopic (exact) mass is 522 g/mol. The first-order valence-corrected chi connectivity index (χ1v) is 14.4. The molecule has 2 aromatic carbocycles. The Hall–Kier alpha value is -2.70. The third-order valence-electron chi connectivity index (χ3n) is 7.45. The molecule has 1 atom stereocenters. The summed E-state index contributed by atoms with van der Waals surface area (Å²) in [5.74, 6) is 0.231. The summed E-state index contributed by atoms with van der Waals surface area (Å²) < 4.78 is 0. The van der Waals surface area contributed by atoms with Crippen molar-refractivity contribution in [3.05, 3.63) is 58.7 Å². The van der Waals surface area contributed by atoms with Gasteiger partial charge in [-0.3, -0.25) is 19.4 Å². The normalized spacial score (nSPS) is 15.5. The van der Waals surface area contributed by atoms with E-state index in [1.165, 1.54) is 19.3 Å². The lowest BCUT2D eigenvalue weighted by molar-refractivity contribution is -0.122. The van der Waals surface area contributed by atoms with Gasteiger partial charge in [0.2, 0.25) is 11.8 Å². The third-order valence-corrected chi connectivity index (χ3v) is 7.45. The van der Waals surface area contributed by atoms with Gasteiger partial charge < -0.3 is 10.6 Å². The van der Waals surface area contributed by atoms with Crippen molar-refractivity contribution >= 4 is 23.2 Å². The summed E-state index contributed by atoms with van der Waals surface area (Å²) in [7, 11) is 0. The van der Waals surface area contributed by atoms with E-state index < -0.39 is 0 Å². The van der Waals surface area contributed by atoms with Gasteiger partial charge in [0.25, 0.3) is 0 Å². The standard InChI is InChI=1S/C18H28N2O.C14H22N2O/c1-4-5-12-20-13-7-6-11-16(20)18(21)19-17-14(2)9-8-10-15(17)3;1-5-16(6-2)10-13(17)15-14-11(3)8-7-9-12(14)4/h8-10,16H,4-7,11-13H2,1-3H3,(H,19,21);7-9H,5-6,10H2,1-4H3,(H,15,17). The highest BCUT2D eigenvalue weighted by atomic mass is 16.2. The molecule has 0 aromatic heterocycles. The first-order valence-electron chi connectivity index (χ1n) is 14.4. The highest BCUT2D eigenvalue weighted by molar-refractivity contribution is 5.96. The van der Waals surface area contributed by atoms with Crippen LogP contribution in [0.1, 0.15) is 75.1 Å². The number of hydrogen-bond donors (Lipinski definition) is 2. The van der Waals surface area contributed by atoms with E-state index in [0.29, 0.717) is 6.54 Å². The highest BCUT2D eigenvalue weighted by Crippen LogP contribution is 2.23. The zero-order valence-electron chi connectivity index (χ0n) is 24.8. The first-order chi connectivity index (χ1) is 18.2. The molecular formula is C32H50N4O2.